The zero-order valence-corrected chi connectivity index (χ0v) is 16.6. The lowest BCUT2D eigenvalue weighted by Crippen LogP contribution is -2.30. The molecule has 0 unspecified atom stereocenters. The molecule has 8 nitrogen and oxygen atoms in total. The van der Waals surface area contributed by atoms with E-state index in [2.05, 4.69) is 15.4 Å². The average Bonchev–Trinajstić information content (AvgIpc) is 3.16. The number of amides is 1. The Balaban J connectivity index is 1.65. The van der Waals surface area contributed by atoms with Gasteiger partial charge in [0, 0.05) is 24.2 Å². The van der Waals surface area contributed by atoms with Gasteiger partial charge in [0.1, 0.15) is 6.54 Å². The van der Waals surface area contributed by atoms with Crippen molar-refractivity contribution in [1.82, 2.24) is 25.1 Å². The van der Waals surface area contributed by atoms with Gasteiger partial charge >= 0.3 is 0 Å². The fourth-order valence-electron chi connectivity index (χ4n) is 2.64. The predicted octanol–water partition coefficient (Wildman–Crippen LogP) is 2.67. The van der Waals surface area contributed by atoms with Crippen LogP contribution in [-0.4, -0.2) is 52.3 Å². The highest BCUT2D eigenvalue weighted by atomic mass is 35.5. The number of hydrogen-bond donors (Lipinski definition) is 0. The Morgan fingerprint density at radius 1 is 1.14 bits per heavy atom. The minimum atomic E-state index is -0.148. The van der Waals surface area contributed by atoms with E-state index in [4.69, 9.17) is 21.1 Å². The monoisotopic (exact) mass is 401 g/mol. The van der Waals surface area contributed by atoms with Gasteiger partial charge < -0.3 is 14.4 Å². The molecule has 0 saturated carbocycles. The van der Waals surface area contributed by atoms with E-state index in [9.17, 15) is 4.79 Å². The first-order chi connectivity index (χ1) is 13.5. The van der Waals surface area contributed by atoms with Crippen LogP contribution in [0.4, 0.5) is 0 Å². The number of carbonyl (C=O) groups is 1. The molecule has 1 heterocycles. The van der Waals surface area contributed by atoms with Crippen molar-refractivity contribution in [3.05, 3.63) is 53.1 Å². The quantitative estimate of drug-likeness (QED) is 0.605. The third-order valence-electron chi connectivity index (χ3n) is 4.11. The molecule has 0 aliphatic carbocycles. The molecule has 146 valence electrons. The molecule has 0 fully saturated rings. The number of nitrogens with zero attached hydrogens (tertiary/aromatic N) is 5. The van der Waals surface area contributed by atoms with Crippen molar-refractivity contribution in [3.63, 3.8) is 0 Å². The van der Waals surface area contributed by atoms with E-state index in [-0.39, 0.29) is 12.5 Å². The van der Waals surface area contributed by atoms with Gasteiger partial charge in [0.05, 0.1) is 14.2 Å². The molecular weight excluding hydrogens is 382 g/mol. The van der Waals surface area contributed by atoms with Gasteiger partial charge in [-0.05, 0) is 35.0 Å². The molecule has 1 amide bonds. The molecule has 0 saturated heterocycles. The van der Waals surface area contributed by atoms with Gasteiger partial charge in [-0.3, -0.25) is 4.79 Å². The largest absolute Gasteiger partial charge is 0.493 e. The Hall–Kier alpha value is -3.13. The number of likely N-dealkylation sites (N-methyl/N-ethyl adjacent to an activating group) is 1. The molecule has 3 rings (SSSR count). The van der Waals surface area contributed by atoms with E-state index >= 15 is 0 Å². The van der Waals surface area contributed by atoms with Gasteiger partial charge in [0.25, 0.3) is 0 Å². The van der Waals surface area contributed by atoms with Crippen LogP contribution in [0.2, 0.25) is 5.02 Å². The number of ether oxygens (including phenoxy) is 2. The van der Waals surface area contributed by atoms with Crippen LogP contribution in [0.1, 0.15) is 5.56 Å². The lowest BCUT2D eigenvalue weighted by Gasteiger charge is -2.17. The van der Waals surface area contributed by atoms with Gasteiger partial charge in [-0.25, -0.2) is 0 Å². The fourth-order valence-corrected chi connectivity index (χ4v) is 2.83. The normalized spacial score (nSPS) is 10.6. The maximum Gasteiger partial charge on any atom is 0.246 e. The maximum atomic E-state index is 12.5. The number of aromatic nitrogens is 4. The van der Waals surface area contributed by atoms with Gasteiger partial charge in [0.15, 0.2) is 11.5 Å². The summed E-state index contributed by atoms with van der Waals surface area (Å²) in [4.78, 5) is 15.4. The topological polar surface area (TPSA) is 82.4 Å². The summed E-state index contributed by atoms with van der Waals surface area (Å²) in [6, 6.07) is 12.7. The molecule has 0 spiro atoms. The predicted molar refractivity (Wildman–Crippen MR) is 104 cm³/mol. The van der Waals surface area contributed by atoms with Crippen LogP contribution < -0.4 is 9.47 Å². The molecule has 3 aromatic rings. The van der Waals surface area contributed by atoms with Crippen molar-refractivity contribution in [1.29, 1.82) is 0 Å². The number of carbonyl (C=O) groups excluding carboxylic acids is 1. The molecule has 0 N–H and O–H groups in total. The summed E-state index contributed by atoms with van der Waals surface area (Å²) in [6.45, 7) is 0.395. The van der Waals surface area contributed by atoms with E-state index in [1.54, 1.807) is 44.4 Å². The second-order valence-corrected chi connectivity index (χ2v) is 6.53. The van der Waals surface area contributed by atoms with Crippen molar-refractivity contribution in [2.45, 2.75) is 13.1 Å². The van der Waals surface area contributed by atoms with E-state index < -0.39 is 0 Å². The van der Waals surface area contributed by atoms with Crippen LogP contribution in [0.25, 0.3) is 11.4 Å². The molecule has 1 aromatic heterocycles. The molecule has 2 aromatic carbocycles. The highest BCUT2D eigenvalue weighted by molar-refractivity contribution is 6.30. The first kappa shape index (κ1) is 19.6. The van der Waals surface area contributed by atoms with Gasteiger partial charge in [-0.2, -0.15) is 4.80 Å². The third-order valence-corrected chi connectivity index (χ3v) is 4.34. The summed E-state index contributed by atoms with van der Waals surface area (Å²) >= 11 is 5.98. The number of rotatable bonds is 7. The summed E-state index contributed by atoms with van der Waals surface area (Å²) in [5, 5.41) is 12.8. The standard InChI is InChI=1S/C19H20ClN5O3/c1-24(11-13-7-8-16(27-2)17(9-13)28-3)18(26)12-25-22-19(21-23-25)14-5-4-6-15(20)10-14/h4-10H,11-12H2,1-3H3. The number of halogens is 1. The van der Waals surface area contributed by atoms with Crippen molar-refractivity contribution >= 4 is 17.5 Å². The number of benzene rings is 2. The minimum absolute atomic E-state index is 0.0165. The van der Waals surface area contributed by atoms with E-state index in [0.29, 0.717) is 28.9 Å². The summed E-state index contributed by atoms with van der Waals surface area (Å²) < 4.78 is 10.5. The van der Waals surface area contributed by atoms with Crippen molar-refractivity contribution in [3.8, 4) is 22.9 Å². The summed E-state index contributed by atoms with van der Waals surface area (Å²) in [5.74, 6) is 1.52. The number of methoxy groups -OCH3 is 2. The third kappa shape index (κ3) is 4.58. The Kier molecular flexibility index (Phi) is 6.10. The van der Waals surface area contributed by atoms with Crippen molar-refractivity contribution < 1.29 is 14.3 Å². The van der Waals surface area contributed by atoms with Gasteiger partial charge in [-0.15, -0.1) is 10.2 Å². The lowest BCUT2D eigenvalue weighted by molar-refractivity contribution is -0.131. The molecule has 0 aliphatic rings. The van der Waals surface area contributed by atoms with Crippen LogP contribution in [0.3, 0.4) is 0 Å². The molecule has 0 radical (unpaired) electrons. The van der Waals surface area contributed by atoms with Crippen molar-refractivity contribution in [2.24, 2.45) is 0 Å². The molecule has 28 heavy (non-hydrogen) atoms. The molecule has 0 bridgehead atoms. The second kappa shape index (κ2) is 8.71. The second-order valence-electron chi connectivity index (χ2n) is 6.09. The average molecular weight is 402 g/mol. The summed E-state index contributed by atoms with van der Waals surface area (Å²) in [5.41, 5.74) is 1.66. The number of tetrazole rings is 1. The van der Waals surface area contributed by atoms with E-state index in [0.717, 1.165) is 11.1 Å². The summed E-state index contributed by atoms with van der Waals surface area (Å²) in [6.07, 6.45) is 0. The first-order valence-corrected chi connectivity index (χ1v) is 8.86. The highest BCUT2D eigenvalue weighted by Gasteiger charge is 2.14. The van der Waals surface area contributed by atoms with Crippen LogP contribution in [0, 0.1) is 0 Å². The zero-order chi connectivity index (χ0) is 20.1. The van der Waals surface area contributed by atoms with Gasteiger partial charge in [0.2, 0.25) is 11.7 Å². The number of hydrogen-bond acceptors (Lipinski definition) is 6. The van der Waals surface area contributed by atoms with Gasteiger partial charge in [-0.1, -0.05) is 29.8 Å². The lowest BCUT2D eigenvalue weighted by atomic mass is 10.2. The molecule has 9 heteroatoms. The zero-order valence-electron chi connectivity index (χ0n) is 15.8. The van der Waals surface area contributed by atoms with Crippen LogP contribution in [0.15, 0.2) is 42.5 Å². The fraction of sp³-hybridized carbons (Fsp3) is 0.263. The van der Waals surface area contributed by atoms with E-state index in [1.165, 1.54) is 4.80 Å². The molecular formula is C19H20ClN5O3. The minimum Gasteiger partial charge on any atom is -0.493 e. The van der Waals surface area contributed by atoms with Crippen molar-refractivity contribution in [2.75, 3.05) is 21.3 Å². The Morgan fingerprint density at radius 3 is 2.64 bits per heavy atom. The van der Waals surface area contributed by atoms with Crippen LogP contribution in [0.5, 0.6) is 11.5 Å². The Labute approximate surface area is 167 Å². The molecule has 0 aliphatic heterocycles. The Bertz CT molecular complexity index is 976. The highest BCUT2D eigenvalue weighted by Crippen LogP contribution is 2.28. The maximum absolute atomic E-state index is 12.5. The van der Waals surface area contributed by atoms with Crippen LogP contribution in [-0.2, 0) is 17.9 Å². The Morgan fingerprint density at radius 2 is 1.93 bits per heavy atom. The molecule has 0 atom stereocenters. The first-order valence-electron chi connectivity index (χ1n) is 8.48. The smallest absolute Gasteiger partial charge is 0.246 e. The summed E-state index contributed by atoms with van der Waals surface area (Å²) in [7, 11) is 4.87. The SMILES string of the molecule is COc1ccc(CN(C)C(=O)Cn2nnc(-c3cccc(Cl)c3)n2)cc1OC. The van der Waals surface area contributed by atoms with Crippen LogP contribution >= 0.6 is 11.6 Å². The van der Waals surface area contributed by atoms with E-state index in [1.807, 2.05) is 24.3 Å².